The van der Waals surface area contributed by atoms with Crippen molar-refractivity contribution >= 4 is 23.1 Å². The van der Waals surface area contributed by atoms with Gasteiger partial charge in [0.1, 0.15) is 5.82 Å². The second kappa shape index (κ2) is 3.95. The summed E-state index contributed by atoms with van der Waals surface area (Å²) in [7, 11) is 1.73. The Morgan fingerprint density at radius 1 is 1.50 bits per heavy atom. The lowest BCUT2D eigenvalue weighted by Crippen LogP contribution is -2.10. The van der Waals surface area contributed by atoms with Gasteiger partial charge in [-0.15, -0.1) is 0 Å². The van der Waals surface area contributed by atoms with E-state index in [4.69, 9.17) is 0 Å². The van der Waals surface area contributed by atoms with Gasteiger partial charge in [-0.1, -0.05) is 0 Å². The summed E-state index contributed by atoms with van der Waals surface area (Å²) in [5.41, 5.74) is 0.923. The summed E-state index contributed by atoms with van der Waals surface area (Å²) in [5.74, 6) is 0.452. The summed E-state index contributed by atoms with van der Waals surface area (Å²) < 4.78 is 1.54. The molecule has 3 aromatic heterocycles. The zero-order valence-corrected chi connectivity index (χ0v) is 9.58. The van der Waals surface area contributed by atoms with Gasteiger partial charge in [0.05, 0.1) is 23.5 Å². The van der Waals surface area contributed by atoms with Crippen LogP contribution in [0.4, 0.5) is 5.82 Å². The minimum Gasteiger partial charge on any atom is -0.360 e. The molecule has 3 aromatic rings. The van der Waals surface area contributed by atoms with Crippen molar-refractivity contribution in [3.8, 4) is 0 Å². The molecule has 0 saturated heterocycles. The molecule has 3 heterocycles. The van der Waals surface area contributed by atoms with Gasteiger partial charge < -0.3 is 4.98 Å². The summed E-state index contributed by atoms with van der Waals surface area (Å²) in [6.07, 6.45) is 5.06. The molecular weight excluding hydrogens is 232 g/mol. The van der Waals surface area contributed by atoms with Crippen molar-refractivity contribution in [2.45, 2.75) is 0 Å². The fourth-order valence-electron chi connectivity index (χ4n) is 1.68. The summed E-state index contributed by atoms with van der Waals surface area (Å²) >= 11 is 0. The van der Waals surface area contributed by atoms with E-state index >= 15 is 0 Å². The van der Waals surface area contributed by atoms with Gasteiger partial charge in [-0.25, -0.2) is 9.79 Å². The van der Waals surface area contributed by atoms with E-state index in [1.807, 2.05) is 12.1 Å². The molecule has 3 rings (SSSR count). The molecular formula is C11H10N6O. The van der Waals surface area contributed by atoms with Crippen LogP contribution >= 0.6 is 0 Å². The van der Waals surface area contributed by atoms with Gasteiger partial charge in [0.2, 0.25) is 0 Å². The summed E-state index contributed by atoms with van der Waals surface area (Å²) in [6.45, 7) is 0. The normalized spacial score (nSPS) is 11.6. The summed E-state index contributed by atoms with van der Waals surface area (Å²) in [4.78, 5) is 25.1. The van der Waals surface area contributed by atoms with Crippen LogP contribution in [0.5, 0.6) is 0 Å². The van der Waals surface area contributed by atoms with Crippen molar-refractivity contribution in [1.82, 2.24) is 24.7 Å². The average Bonchev–Trinajstić information content (AvgIpc) is 2.97. The van der Waals surface area contributed by atoms with Gasteiger partial charge in [0, 0.05) is 13.2 Å². The standard InChI is InChI=1S/C11H10N6O/c1-17-10-8(6-14-17)9(15-11(18)16-10)13-5-7-3-2-4-12-7/h2-6,12H,1H3,(H,15,16,18)/b13-5-. The molecule has 0 amide bonds. The highest BCUT2D eigenvalue weighted by Gasteiger charge is 2.07. The lowest BCUT2D eigenvalue weighted by atomic mass is 10.4. The number of aryl methyl sites for hydroxylation is 1. The number of aromatic amines is 2. The van der Waals surface area contributed by atoms with Crippen molar-refractivity contribution in [2.24, 2.45) is 12.0 Å². The van der Waals surface area contributed by atoms with Crippen molar-refractivity contribution in [2.75, 3.05) is 0 Å². The van der Waals surface area contributed by atoms with E-state index in [2.05, 4.69) is 25.0 Å². The molecule has 0 aliphatic heterocycles. The molecule has 0 aliphatic carbocycles. The lowest BCUT2D eigenvalue weighted by molar-refractivity contribution is 0.783. The topological polar surface area (TPSA) is 91.7 Å². The zero-order valence-electron chi connectivity index (χ0n) is 9.58. The number of aliphatic imine (C=N–C) groups is 1. The smallest absolute Gasteiger partial charge is 0.348 e. The van der Waals surface area contributed by atoms with Gasteiger partial charge >= 0.3 is 5.69 Å². The summed E-state index contributed by atoms with van der Waals surface area (Å²) in [6, 6.07) is 3.75. The Hall–Kier alpha value is -2.70. The number of aromatic nitrogens is 5. The Balaban J connectivity index is 2.14. The van der Waals surface area contributed by atoms with Gasteiger partial charge in [0.15, 0.2) is 5.65 Å². The van der Waals surface area contributed by atoms with Crippen molar-refractivity contribution < 1.29 is 0 Å². The molecule has 0 bridgehead atoms. The molecule has 0 radical (unpaired) electrons. The molecule has 2 N–H and O–H groups in total. The number of nitrogens with zero attached hydrogens (tertiary/aromatic N) is 4. The Bertz CT molecular complexity index is 765. The fraction of sp³-hybridized carbons (Fsp3) is 0.0909. The monoisotopic (exact) mass is 242 g/mol. The first-order valence-electron chi connectivity index (χ1n) is 5.33. The van der Waals surface area contributed by atoms with Crippen LogP contribution in [-0.2, 0) is 7.05 Å². The number of hydrogen-bond acceptors (Lipinski definition) is 4. The predicted octanol–water partition coefficient (Wildman–Crippen LogP) is 0.735. The van der Waals surface area contributed by atoms with E-state index in [-0.39, 0.29) is 0 Å². The van der Waals surface area contributed by atoms with Crippen LogP contribution in [0.1, 0.15) is 5.69 Å². The minimum atomic E-state index is -0.440. The van der Waals surface area contributed by atoms with E-state index in [0.29, 0.717) is 16.9 Å². The maximum atomic E-state index is 11.4. The van der Waals surface area contributed by atoms with Gasteiger partial charge in [0.25, 0.3) is 0 Å². The Morgan fingerprint density at radius 3 is 3.17 bits per heavy atom. The Labute approximate surface area is 101 Å². The molecule has 0 fully saturated rings. The van der Waals surface area contributed by atoms with Crippen LogP contribution in [0, 0.1) is 0 Å². The third-order valence-electron chi connectivity index (χ3n) is 2.55. The van der Waals surface area contributed by atoms with Crippen LogP contribution in [0.3, 0.4) is 0 Å². The van der Waals surface area contributed by atoms with Crippen LogP contribution in [0.25, 0.3) is 11.0 Å². The van der Waals surface area contributed by atoms with E-state index < -0.39 is 5.69 Å². The molecule has 90 valence electrons. The highest BCUT2D eigenvalue weighted by Crippen LogP contribution is 2.18. The largest absolute Gasteiger partial charge is 0.360 e. The van der Waals surface area contributed by atoms with E-state index in [9.17, 15) is 4.79 Å². The quantitative estimate of drug-likeness (QED) is 0.649. The van der Waals surface area contributed by atoms with Gasteiger partial charge in [-0.05, 0) is 12.1 Å². The van der Waals surface area contributed by atoms with E-state index in [0.717, 1.165) is 5.69 Å². The number of hydrogen-bond donors (Lipinski definition) is 2. The highest BCUT2D eigenvalue weighted by atomic mass is 16.1. The second-order valence-corrected chi connectivity index (χ2v) is 3.78. The minimum absolute atomic E-state index is 0.440. The van der Waals surface area contributed by atoms with Gasteiger partial charge in [-0.3, -0.25) is 9.67 Å². The summed E-state index contributed by atoms with van der Waals surface area (Å²) in [5, 5.41) is 4.76. The lowest BCUT2D eigenvalue weighted by Gasteiger charge is -1.96. The zero-order chi connectivity index (χ0) is 12.5. The number of rotatable bonds is 2. The van der Waals surface area contributed by atoms with Crippen LogP contribution in [-0.4, -0.2) is 30.9 Å². The maximum Gasteiger partial charge on any atom is 0.348 e. The molecule has 0 unspecified atom stereocenters. The van der Waals surface area contributed by atoms with E-state index in [1.54, 1.807) is 25.7 Å². The molecule has 0 spiro atoms. The predicted molar refractivity (Wildman–Crippen MR) is 67.2 cm³/mol. The second-order valence-electron chi connectivity index (χ2n) is 3.78. The molecule has 0 saturated carbocycles. The Morgan fingerprint density at radius 2 is 2.39 bits per heavy atom. The fourth-order valence-corrected chi connectivity index (χ4v) is 1.68. The molecule has 0 aliphatic rings. The maximum absolute atomic E-state index is 11.4. The molecule has 7 nitrogen and oxygen atoms in total. The third-order valence-corrected chi connectivity index (χ3v) is 2.55. The van der Waals surface area contributed by atoms with Crippen LogP contribution in [0.2, 0.25) is 0 Å². The van der Waals surface area contributed by atoms with Crippen molar-refractivity contribution in [3.63, 3.8) is 0 Å². The number of nitrogens with one attached hydrogen (secondary N) is 2. The first kappa shape index (κ1) is 10.5. The first-order chi connectivity index (χ1) is 8.74. The van der Waals surface area contributed by atoms with Gasteiger partial charge in [-0.2, -0.15) is 10.1 Å². The third kappa shape index (κ3) is 1.71. The van der Waals surface area contributed by atoms with Crippen LogP contribution < -0.4 is 5.69 Å². The first-order valence-corrected chi connectivity index (χ1v) is 5.33. The molecule has 0 atom stereocenters. The van der Waals surface area contributed by atoms with E-state index in [1.165, 1.54) is 4.68 Å². The van der Waals surface area contributed by atoms with Crippen molar-refractivity contribution in [3.05, 3.63) is 40.7 Å². The number of H-pyrrole nitrogens is 2. The SMILES string of the molecule is Cn1ncc2c(/N=C\c3ccc[nH]3)[nH]c(=O)nc21. The molecule has 0 aromatic carbocycles. The molecule has 18 heavy (non-hydrogen) atoms. The average molecular weight is 242 g/mol. The molecule has 7 heteroatoms. The Kier molecular flexibility index (Phi) is 2.30. The highest BCUT2D eigenvalue weighted by molar-refractivity contribution is 5.88. The van der Waals surface area contributed by atoms with Crippen molar-refractivity contribution in [1.29, 1.82) is 0 Å². The van der Waals surface area contributed by atoms with Crippen LogP contribution in [0.15, 0.2) is 34.3 Å². The number of fused-ring (bicyclic) bond motifs is 1.